The van der Waals surface area contributed by atoms with Gasteiger partial charge in [-0.15, -0.1) is 0 Å². The van der Waals surface area contributed by atoms with Crippen molar-refractivity contribution in [1.82, 2.24) is 0 Å². The van der Waals surface area contributed by atoms with E-state index in [9.17, 15) is 13.2 Å². The van der Waals surface area contributed by atoms with Crippen LogP contribution < -0.4 is 0 Å². The maximum absolute atomic E-state index is 10.6. The van der Waals surface area contributed by atoms with E-state index in [0.717, 1.165) is 0 Å². The summed E-state index contributed by atoms with van der Waals surface area (Å²) in [5.41, 5.74) is 0. The van der Waals surface area contributed by atoms with E-state index in [-0.39, 0.29) is 0 Å². The third kappa shape index (κ3) is 23.7. The van der Waals surface area contributed by atoms with Crippen molar-refractivity contribution in [3.63, 3.8) is 0 Å². The first-order chi connectivity index (χ1) is 10.9. The van der Waals surface area contributed by atoms with Crippen molar-refractivity contribution < 1.29 is 23.1 Å². The van der Waals surface area contributed by atoms with Crippen LogP contribution in [0.25, 0.3) is 0 Å². The van der Waals surface area contributed by atoms with Crippen molar-refractivity contribution in [2.24, 2.45) is 0 Å². The van der Waals surface area contributed by atoms with Crippen LogP contribution in [-0.4, -0.2) is 17.3 Å². The molecule has 0 aliphatic carbocycles. The Labute approximate surface area is 139 Å². The fourth-order valence-electron chi connectivity index (χ4n) is 2.27. The number of carboxylic acid groups (broad SMARTS) is 1. The molecule has 0 rings (SSSR count). The van der Waals surface area contributed by atoms with Gasteiger partial charge in [0.05, 0.1) is 0 Å². The molecule has 0 aromatic carbocycles. The largest absolute Gasteiger partial charge is 0.490 e. The zero-order valence-corrected chi connectivity index (χ0v) is 14.9. The van der Waals surface area contributed by atoms with E-state index < -0.39 is 12.1 Å². The molecule has 0 aromatic heterocycles. The number of hydrogen-bond acceptors (Lipinski definition) is 1. The predicted molar refractivity (Wildman–Crippen MR) is 89.7 cm³/mol. The summed E-state index contributed by atoms with van der Waals surface area (Å²) in [6.07, 6.45) is 15.3. The molecule has 0 unspecified atom stereocenters. The van der Waals surface area contributed by atoms with Crippen LogP contribution in [0.4, 0.5) is 13.2 Å². The van der Waals surface area contributed by atoms with Gasteiger partial charge in [-0.05, 0) is 0 Å². The minimum Gasteiger partial charge on any atom is -0.475 e. The van der Waals surface area contributed by atoms with Gasteiger partial charge < -0.3 is 5.11 Å². The summed E-state index contributed by atoms with van der Waals surface area (Å²) in [6, 6.07) is 0. The Kier molecular flexibility index (Phi) is 18.8. The summed E-state index contributed by atoms with van der Waals surface area (Å²) in [5.74, 6) is -2.76. The van der Waals surface area contributed by atoms with Crippen LogP contribution in [-0.2, 0) is 4.79 Å². The van der Waals surface area contributed by atoms with Crippen molar-refractivity contribution in [2.75, 3.05) is 0 Å². The lowest BCUT2D eigenvalue weighted by Gasteiger charge is -2.02. The molecular formula is C18H35F3O2. The molecule has 0 saturated carbocycles. The summed E-state index contributed by atoms with van der Waals surface area (Å²) in [6.45, 7) is 4.58. The van der Waals surface area contributed by atoms with Crippen LogP contribution >= 0.6 is 0 Å². The monoisotopic (exact) mass is 340 g/mol. The molecule has 1 N–H and O–H groups in total. The number of rotatable bonds is 13. The maximum atomic E-state index is 10.6. The number of carboxylic acids is 1. The van der Waals surface area contributed by atoms with Crippen molar-refractivity contribution >= 4 is 5.97 Å². The second kappa shape index (κ2) is 17.6. The first-order valence-electron chi connectivity index (χ1n) is 9.16. The zero-order valence-electron chi connectivity index (χ0n) is 14.9. The summed E-state index contributed by atoms with van der Waals surface area (Å²) in [4.78, 5) is 8.90. The fourth-order valence-corrected chi connectivity index (χ4v) is 2.27. The minimum absolute atomic E-state index is 1.37. The van der Waals surface area contributed by atoms with Gasteiger partial charge in [-0.25, -0.2) is 4.79 Å². The highest BCUT2D eigenvalue weighted by atomic mass is 19.4. The van der Waals surface area contributed by atoms with Gasteiger partial charge in [-0.2, -0.15) is 13.2 Å². The molecule has 0 bridgehead atoms. The van der Waals surface area contributed by atoms with Gasteiger partial charge in [-0.3, -0.25) is 0 Å². The van der Waals surface area contributed by atoms with E-state index in [2.05, 4.69) is 13.8 Å². The van der Waals surface area contributed by atoms with E-state index in [1.165, 1.54) is 89.9 Å². The molecule has 0 atom stereocenters. The van der Waals surface area contributed by atoms with Crippen molar-refractivity contribution in [3.05, 3.63) is 0 Å². The molecule has 0 saturated heterocycles. The summed E-state index contributed by atoms with van der Waals surface area (Å²) in [5, 5.41) is 7.12. The van der Waals surface area contributed by atoms with Gasteiger partial charge in [0.25, 0.3) is 0 Å². The van der Waals surface area contributed by atoms with Gasteiger partial charge in [0.1, 0.15) is 0 Å². The summed E-state index contributed by atoms with van der Waals surface area (Å²) >= 11 is 0. The molecular weight excluding hydrogens is 305 g/mol. The Balaban J connectivity index is 0. The molecule has 0 aromatic rings. The van der Waals surface area contributed by atoms with E-state index in [1.54, 1.807) is 0 Å². The molecule has 0 spiro atoms. The summed E-state index contributed by atoms with van der Waals surface area (Å²) < 4.78 is 31.7. The molecule has 23 heavy (non-hydrogen) atoms. The van der Waals surface area contributed by atoms with E-state index >= 15 is 0 Å². The van der Waals surface area contributed by atoms with Crippen LogP contribution in [0, 0.1) is 0 Å². The second-order valence-corrected chi connectivity index (χ2v) is 6.05. The lowest BCUT2D eigenvalue weighted by Crippen LogP contribution is -2.21. The van der Waals surface area contributed by atoms with Gasteiger partial charge in [0.2, 0.25) is 0 Å². The third-order valence-corrected chi connectivity index (χ3v) is 3.70. The Morgan fingerprint density at radius 2 is 0.826 bits per heavy atom. The predicted octanol–water partition coefficient (Wildman–Crippen LogP) is 7.12. The van der Waals surface area contributed by atoms with Crippen molar-refractivity contribution in [2.45, 2.75) is 110 Å². The first kappa shape index (κ1) is 24.5. The van der Waals surface area contributed by atoms with Crippen molar-refractivity contribution in [1.29, 1.82) is 0 Å². The first-order valence-corrected chi connectivity index (χ1v) is 9.16. The molecule has 2 nitrogen and oxygen atoms in total. The highest BCUT2D eigenvalue weighted by Gasteiger charge is 2.38. The van der Waals surface area contributed by atoms with Crippen LogP contribution in [0.3, 0.4) is 0 Å². The Hall–Kier alpha value is -0.740. The average molecular weight is 340 g/mol. The lowest BCUT2D eigenvalue weighted by molar-refractivity contribution is -0.192. The average Bonchev–Trinajstić information content (AvgIpc) is 2.48. The van der Waals surface area contributed by atoms with Gasteiger partial charge in [0, 0.05) is 0 Å². The number of aliphatic carboxylic acids is 1. The third-order valence-electron chi connectivity index (χ3n) is 3.70. The maximum Gasteiger partial charge on any atom is 0.490 e. The standard InChI is InChI=1S/C16H34.C2HF3O2/c1-3-5-7-9-11-13-15-16-14-12-10-8-6-4-2;3-2(4,5)1(6)7/h3-16H2,1-2H3;(H,6,7). The van der Waals surface area contributed by atoms with Gasteiger partial charge in [-0.1, -0.05) is 104 Å². The molecule has 0 aliphatic heterocycles. The van der Waals surface area contributed by atoms with E-state index in [0.29, 0.717) is 0 Å². The van der Waals surface area contributed by atoms with Gasteiger partial charge >= 0.3 is 12.1 Å². The molecule has 0 amide bonds. The fraction of sp³-hybridized carbons (Fsp3) is 0.944. The van der Waals surface area contributed by atoms with E-state index in [4.69, 9.17) is 9.90 Å². The molecule has 140 valence electrons. The quantitative estimate of drug-likeness (QED) is 0.362. The Bertz CT molecular complexity index is 239. The molecule has 0 fully saturated rings. The second-order valence-electron chi connectivity index (χ2n) is 6.05. The van der Waals surface area contributed by atoms with Crippen LogP contribution in [0.1, 0.15) is 104 Å². The molecule has 5 heteroatoms. The highest BCUT2D eigenvalue weighted by molar-refractivity contribution is 5.73. The number of unbranched alkanes of at least 4 members (excludes halogenated alkanes) is 13. The van der Waals surface area contributed by atoms with Gasteiger partial charge in [0.15, 0.2) is 0 Å². The molecule has 0 aliphatic rings. The topological polar surface area (TPSA) is 37.3 Å². The molecule has 0 heterocycles. The Morgan fingerprint density at radius 1 is 0.652 bits per heavy atom. The van der Waals surface area contributed by atoms with Crippen LogP contribution in [0.15, 0.2) is 0 Å². The van der Waals surface area contributed by atoms with Crippen molar-refractivity contribution in [3.8, 4) is 0 Å². The Morgan fingerprint density at radius 3 is 0.957 bits per heavy atom. The number of carbonyl (C=O) groups is 1. The molecule has 0 radical (unpaired) electrons. The number of alkyl halides is 3. The van der Waals surface area contributed by atoms with Crippen LogP contribution in [0.5, 0.6) is 0 Å². The minimum atomic E-state index is -5.08. The number of halogens is 3. The SMILES string of the molecule is CCCCCCCCCCCCCCCC.O=C(O)C(F)(F)F. The summed E-state index contributed by atoms with van der Waals surface area (Å²) in [7, 11) is 0. The van der Waals surface area contributed by atoms with E-state index in [1.807, 2.05) is 0 Å². The smallest absolute Gasteiger partial charge is 0.475 e. The lowest BCUT2D eigenvalue weighted by atomic mass is 10.0. The highest BCUT2D eigenvalue weighted by Crippen LogP contribution is 2.13. The normalized spacial score (nSPS) is 11.0. The zero-order chi connectivity index (χ0) is 18.0. The van der Waals surface area contributed by atoms with Crippen LogP contribution in [0.2, 0.25) is 0 Å². The number of hydrogen-bond donors (Lipinski definition) is 1.